The molecule has 0 N–H and O–H groups in total. The van der Waals surface area contributed by atoms with Crippen LogP contribution in [-0.4, -0.2) is 73.8 Å². The number of aromatic nitrogens is 2. The highest BCUT2D eigenvalue weighted by atomic mass is 35.5. The van der Waals surface area contributed by atoms with Gasteiger partial charge >= 0.3 is 0 Å². The van der Waals surface area contributed by atoms with Gasteiger partial charge in [-0.05, 0) is 80.6 Å². The Morgan fingerprint density at radius 3 is 2.19 bits per heavy atom. The molecule has 3 aromatic rings. The van der Waals surface area contributed by atoms with Crippen molar-refractivity contribution in [3.05, 3.63) is 52.9 Å². The van der Waals surface area contributed by atoms with Gasteiger partial charge in [-0.1, -0.05) is 53.1 Å². The third kappa shape index (κ3) is 7.43. The topological polar surface area (TPSA) is 84.7 Å². The second-order valence-corrected chi connectivity index (χ2v) is 23.9. The van der Waals surface area contributed by atoms with Crippen LogP contribution in [0.4, 0.5) is 10.1 Å². The highest BCUT2D eigenvalue weighted by Crippen LogP contribution is 2.43. The first-order valence-electron chi connectivity index (χ1n) is 16.4. The van der Waals surface area contributed by atoms with Gasteiger partial charge in [0.2, 0.25) is 0 Å². The first-order chi connectivity index (χ1) is 21.5. The van der Waals surface area contributed by atoms with E-state index < -0.39 is 35.0 Å². The lowest BCUT2D eigenvalue weighted by atomic mass is 10.0. The van der Waals surface area contributed by atoms with Crippen LogP contribution in [0.2, 0.25) is 23.2 Å². The first-order valence-corrected chi connectivity index (χ1v) is 21.4. The summed E-state index contributed by atoms with van der Waals surface area (Å²) in [6.45, 7) is 22.5. The minimum absolute atomic E-state index is 0.0139. The monoisotopic (exact) mass is 704 g/mol. The smallest absolute Gasteiger partial charge is 0.255 e. The van der Waals surface area contributed by atoms with Gasteiger partial charge in [-0.2, -0.15) is 5.10 Å². The largest absolute Gasteiger partial charge is 0.410 e. The first kappa shape index (κ1) is 35.8. The fourth-order valence-corrected chi connectivity index (χ4v) is 10.8. The number of carbonyl (C=O) groups excluding carboxylic acids is 1. The van der Waals surface area contributed by atoms with Gasteiger partial charge in [0.15, 0.2) is 18.2 Å². The van der Waals surface area contributed by atoms with E-state index in [2.05, 4.69) is 52.6 Å². The number of halogens is 2. The highest BCUT2D eigenvalue weighted by Gasteiger charge is 2.44. The molecule has 0 radical (unpaired) electrons. The number of benzene rings is 2. The van der Waals surface area contributed by atoms with E-state index in [0.717, 1.165) is 35.5 Å². The van der Waals surface area contributed by atoms with Crippen molar-refractivity contribution in [3.63, 3.8) is 0 Å². The predicted octanol–water partition coefficient (Wildman–Crippen LogP) is 7.94. The molecule has 2 saturated heterocycles. The summed E-state index contributed by atoms with van der Waals surface area (Å²) in [4.78, 5) is 18.0. The van der Waals surface area contributed by atoms with E-state index in [1.54, 1.807) is 17.2 Å². The number of sulfone groups is 1. The number of likely N-dealkylation sites (tertiary alicyclic amines) is 1. The van der Waals surface area contributed by atoms with E-state index in [9.17, 15) is 17.6 Å². The van der Waals surface area contributed by atoms with Gasteiger partial charge in [-0.3, -0.25) is 9.48 Å². The van der Waals surface area contributed by atoms with Crippen molar-refractivity contribution < 1.29 is 22.0 Å². The number of nitrogens with zero attached hydrogens (tertiary/aromatic N) is 4. The van der Waals surface area contributed by atoms with Crippen molar-refractivity contribution in [2.24, 2.45) is 5.41 Å². The summed E-state index contributed by atoms with van der Waals surface area (Å²) in [5.74, 6) is -0.705. The molecule has 1 aromatic heterocycles. The van der Waals surface area contributed by atoms with E-state index in [4.69, 9.17) is 21.1 Å². The predicted molar refractivity (Wildman–Crippen MR) is 190 cm³/mol. The van der Waals surface area contributed by atoms with Crippen LogP contribution in [-0.2, 0) is 20.8 Å². The fourth-order valence-electron chi connectivity index (χ4n) is 6.87. The molecule has 2 fully saturated rings. The van der Waals surface area contributed by atoms with Gasteiger partial charge in [0, 0.05) is 30.6 Å². The zero-order chi connectivity index (χ0) is 34.9. The van der Waals surface area contributed by atoms with Crippen molar-refractivity contribution in [2.75, 3.05) is 23.7 Å². The Labute approximate surface area is 285 Å². The number of hydrogen-bond donors (Lipinski definition) is 0. The van der Waals surface area contributed by atoms with Gasteiger partial charge in [0.25, 0.3) is 5.91 Å². The minimum atomic E-state index is -3.61. The molecule has 2 bridgehead atoms. The number of hydrogen-bond acceptors (Lipinski definition) is 6. The summed E-state index contributed by atoms with van der Waals surface area (Å²) in [6.07, 6.45) is 3.45. The Balaban J connectivity index is 1.56. The zero-order valence-corrected chi connectivity index (χ0v) is 32.0. The number of amides is 1. The molecule has 47 heavy (non-hydrogen) atoms. The molecule has 258 valence electrons. The Kier molecular flexibility index (Phi) is 9.25. The molecule has 0 spiro atoms. The Bertz CT molecular complexity index is 1780. The Morgan fingerprint density at radius 2 is 1.64 bits per heavy atom. The maximum absolute atomic E-state index is 13.8. The average molecular weight is 705 g/mol. The Morgan fingerprint density at radius 1 is 1.02 bits per heavy atom. The van der Waals surface area contributed by atoms with Crippen molar-refractivity contribution in [3.8, 4) is 0 Å². The molecule has 2 aromatic carbocycles. The van der Waals surface area contributed by atoms with E-state index in [1.165, 1.54) is 12.1 Å². The number of anilines is 1. The minimum Gasteiger partial charge on any atom is -0.410 e. The van der Waals surface area contributed by atoms with Gasteiger partial charge in [0.05, 0.1) is 50.8 Å². The molecule has 0 saturated carbocycles. The second-order valence-electron chi connectivity index (χ2n) is 16.8. The lowest BCUT2D eigenvalue weighted by Crippen LogP contribution is -2.55. The van der Waals surface area contributed by atoms with Crippen molar-refractivity contribution in [1.82, 2.24) is 14.7 Å². The standard InChI is InChI=1S/C35H50ClFN4O4SSi/c1-33(2,3)22-46(43,44)27-15-23-18-38-40(21-35(7,8)45-47(9,10)34(4,5)6)31(23)30(17-27)41-25-12-13-26(41)20-39(19-25)32(42)28-14-11-24(37)16-29(28)36/h11,14-18,25-26H,12-13,19-22H2,1-10H3. The van der Waals surface area contributed by atoms with Gasteiger partial charge < -0.3 is 14.2 Å². The maximum atomic E-state index is 13.8. The van der Waals surface area contributed by atoms with Crippen molar-refractivity contribution in [2.45, 2.75) is 115 Å². The number of rotatable bonds is 8. The van der Waals surface area contributed by atoms with Crippen LogP contribution >= 0.6 is 11.6 Å². The Hall–Kier alpha value is -2.47. The van der Waals surface area contributed by atoms with Crippen LogP contribution in [0.3, 0.4) is 0 Å². The summed E-state index contributed by atoms with van der Waals surface area (Å²) in [6, 6.07) is 7.35. The van der Waals surface area contributed by atoms with E-state index >= 15 is 0 Å². The molecule has 3 heterocycles. The molecule has 8 nitrogen and oxygen atoms in total. The van der Waals surface area contributed by atoms with Crippen LogP contribution in [0.15, 0.2) is 41.4 Å². The molecule has 2 aliphatic heterocycles. The quantitative estimate of drug-likeness (QED) is 0.222. The molecule has 12 heteroatoms. The van der Waals surface area contributed by atoms with Crippen LogP contribution in [0, 0.1) is 11.2 Å². The van der Waals surface area contributed by atoms with Crippen LogP contribution < -0.4 is 4.90 Å². The molecule has 0 aliphatic carbocycles. The van der Waals surface area contributed by atoms with Gasteiger partial charge in [-0.15, -0.1) is 0 Å². The third-order valence-corrected chi connectivity index (χ3v) is 16.9. The molecule has 2 aliphatic rings. The van der Waals surface area contributed by atoms with Crippen molar-refractivity contribution in [1.29, 1.82) is 0 Å². The SMILES string of the molecule is CC(C)(C)CS(=O)(=O)c1cc(N2C3CCC2CN(C(=O)c2ccc(F)cc2Cl)C3)c2c(cnn2CC(C)(C)O[Si](C)(C)C(C)(C)C)c1. The van der Waals surface area contributed by atoms with Crippen LogP contribution in [0.1, 0.15) is 78.6 Å². The van der Waals surface area contributed by atoms with Gasteiger partial charge in [-0.25, -0.2) is 12.8 Å². The summed E-state index contributed by atoms with van der Waals surface area (Å²) in [7, 11) is -5.72. The van der Waals surface area contributed by atoms with E-state index in [-0.39, 0.29) is 44.3 Å². The summed E-state index contributed by atoms with van der Waals surface area (Å²) < 4.78 is 50.2. The number of piperazine rings is 1. The number of fused-ring (bicyclic) bond motifs is 3. The van der Waals surface area contributed by atoms with E-state index in [0.29, 0.717) is 19.6 Å². The lowest BCUT2D eigenvalue weighted by Gasteiger charge is -2.44. The highest BCUT2D eigenvalue weighted by molar-refractivity contribution is 7.91. The molecule has 1 amide bonds. The third-order valence-electron chi connectivity index (χ3n) is 9.75. The number of carbonyl (C=O) groups is 1. The summed E-state index contributed by atoms with van der Waals surface area (Å²) in [5.41, 5.74) is 1.01. The second kappa shape index (κ2) is 12.1. The van der Waals surface area contributed by atoms with Crippen molar-refractivity contribution >= 4 is 52.3 Å². The maximum Gasteiger partial charge on any atom is 0.255 e. The fraction of sp³-hybridized carbons (Fsp3) is 0.600. The molecular weight excluding hydrogens is 655 g/mol. The average Bonchev–Trinajstić information content (AvgIpc) is 3.41. The van der Waals surface area contributed by atoms with Gasteiger partial charge in [0.1, 0.15) is 5.82 Å². The van der Waals surface area contributed by atoms with Crippen LogP contribution in [0.25, 0.3) is 10.9 Å². The molecular formula is C35H50ClFN4O4SSi. The summed E-state index contributed by atoms with van der Waals surface area (Å²) in [5, 5.41) is 5.70. The van der Waals surface area contributed by atoms with E-state index in [1.807, 2.05) is 31.5 Å². The normalized spacial score (nSPS) is 19.6. The zero-order valence-electron chi connectivity index (χ0n) is 29.4. The summed E-state index contributed by atoms with van der Waals surface area (Å²) >= 11 is 6.28. The van der Waals surface area contributed by atoms with Crippen LogP contribution in [0.5, 0.6) is 0 Å². The lowest BCUT2D eigenvalue weighted by molar-refractivity contribution is 0.0699. The molecule has 5 rings (SSSR count). The molecule has 2 atom stereocenters. The molecule has 2 unspecified atom stereocenters.